The number of carbonyl (C=O) groups is 1. The number of nitrogens with one attached hydrogen (secondary N) is 1. The largest absolute Gasteiger partial charge is 0.353 e. The topological polar surface area (TPSA) is 45.2 Å². The van der Waals surface area contributed by atoms with Gasteiger partial charge >= 0.3 is 0 Å². The zero-order chi connectivity index (χ0) is 13.5. The summed E-state index contributed by atoms with van der Waals surface area (Å²) >= 11 is 6.01. The summed E-state index contributed by atoms with van der Waals surface area (Å²) in [6, 6.07) is 3.94. The number of carbonyl (C=O) groups excluding carboxylic acids is 1. The lowest BCUT2D eigenvalue weighted by molar-refractivity contribution is -0.122. The molecule has 0 saturated heterocycles. The van der Waals surface area contributed by atoms with Crippen LogP contribution in [0, 0.1) is 0 Å². The van der Waals surface area contributed by atoms with Crippen molar-refractivity contribution in [3.8, 4) is 0 Å². The van der Waals surface area contributed by atoms with Crippen LogP contribution in [0.4, 0.5) is 0 Å². The van der Waals surface area contributed by atoms with Gasteiger partial charge < -0.3 is 5.32 Å². The van der Waals surface area contributed by atoms with E-state index in [1.165, 1.54) is 0 Å². The van der Waals surface area contributed by atoms with Crippen LogP contribution in [-0.2, 0) is 11.3 Å². The minimum absolute atomic E-state index is 0.0341. The van der Waals surface area contributed by atoms with E-state index in [9.17, 15) is 4.79 Å². The number of pyridine rings is 1. The van der Waals surface area contributed by atoms with Gasteiger partial charge in [-0.1, -0.05) is 24.6 Å². The van der Waals surface area contributed by atoms with E-state index in [1.54, 1.807) is 6.20 Å². The predicted octanol–water partition coefficient (Wildman–Crippen LogP) is 2.08. The van der Waals surface area contributed by atoms with Crippen LogP contribution in [0.1, 0.15) is 26.3 Å². The molecule has 0 aliphatic heterocycles. The van der Waals surface area contributed by atoms with Gasteiger partial charge in [-0.05, 0) is 26.5 Å². The van der Waals surface area contributed by atoms with E-state index in [0.29, 0.717) is 18.2 Å². The first-order chi connectivity index (χ1) is 8.52. The highest BCUT2D eigenvalue weighted by Crippen LogP contribution is 2.13. The maximum Gasteiger partial charge on any atom is 0.234 e. The van der Waals surface area contributed by atoms with Crippen LogP contribution in [0.25, 0.3) is 0 Å². The average molecular weight is 270 g/mol. The molecular formula is C13H20ClN3O. The number of hydrogen-bond donors (Lipinski definition) is 1. The molecule has 0 fully saturated rings. The molecule has 0 saturated carbocycles. The highest BCUT2D eigenvalue weighted by Gasteiger charge is 2.12. The molecule has 1 amide bonds. The van der Waals surface area contributed by atoms with E-state index in [0.717, 1.165) is 12.1 Å². The van der Waals surface area contributed by atoms with Gasteiger partial charge in [0, 0.05) is 24.3 Å². The third-order valence-corrected chi connectivity index (χ3v) is 2.83. The van der Waals surface area contributed by atoms with Gasteiger partial charge in [0.1, 0.15) is 5.15 Å². The Hall–Kier alpha value is -1.13. The first kappa shape index (κ1) is 14.9. The summed E-state index contributed by atoms with van der Waals surface area (Å²) in [4.78, 5) is 17.8. The van der Waals surface area contributed by atoms with Crippen LogP contribution < -0.4 is 5.32 Å². The van der Waals surface area contributed by atoms with E-state index in [-0.39, 0.29) is 11.9 Å². The molecule has 1 aromatic rings. The molecule has 1 aromatic heterocycles. The van der Waals surface area contributed by atoms with Crippen molar-refractivity contribution < 1.29 is 4.79 Å². The van der Waals surface area contributed by atoms with Crippen LogP contribution in [0.2, 0.25) is 5.15 Å². The van der Waals surface area contributed by atoms with Crippen molar-refractivity contribution in [3.63, 3.8) is 0 Å². The summed E-state index contributed by atoms with van der Waals surface area (Å²) in [6.45, 7) is 7.72. The monoisotopic (exact) mass is 269 g/mol. The first-order valence-electron chi connectivity index (χ1n) is 6.14. The number of likely N-dealkylation sites (N-methyl/N-ethyl adjacent to an activating group) is 1. The normalized spacial score (nSPS) is 11.0. The minimum atomic E-state index is 0.0341. The Labute approximate surface area is 113 Å². The van der Waals surface area contributed by atoms with Crippen LogP contribution in [0.3, 0.4) is 0 Å². The first-order valence-corrected chi connectivity index (χ1v) is 6.51. The SMILES string of the molecule is CCN(CC(=O)NC(C)C)Cc1cccnc1Cl. The Morgan fingerprint density at radius 3 is 2.83 bits per heavy atom. The number of rotatable bonds is 6. The molecule has 1 heterocycles. The van der Waals surface area contributed by atoms with Gasteiger partial charge in [-0.15, -0.1) is 0 Å². The van der Waals surface area contributed by atoms with E-state index in [4.69, 9.17) is 11.6 Å². The second kappa shape index (κ2) is 7.34. The summed E-state index contributed by atoms with van der Waals surface area (Å²) in [5.74, 6) is 0.0341. The molecular weight excluding hydrogens is 250 g/mol. The number of aromatic nitrogens is 1. The second-order valence-corrected chi connectivity index (χ2v) is 4.84. The quantitative estimate of drug-likeness (QED) is 0.805. The summed E-state index contributed by atoms with van der Waals surface area (Å²) in [5.41, 5.74) is 0.943. The average Bonchev–Trinajstić information content (AvgIpc) is 2.30. The van der Waals surface area contributed by atoms with Crippen LogP contribution in [-0.4, -0.2) is 34.9 Å². The molecule has 4 nitrogen and oxygen atoms in total. The lowest BCUT2D eigenvalue weighted by Crippen LogP contribution is -2.39. The van der Waals surface area contributed by atoms with Crippen molar-refractivity contribution in [2.75, 3.05) is 13.1 Å². The molecule has 0 bridgehead atoms. The summed E-state index contributed by atoms with van der Waals surface area (Å²) < 4.78 is 0. The van der Waals surface area contributed by atoms with Gasteiger partial charge in [-0.3, -0.25) is 9.69 Å². The fourth-order valence-corrected chi connectivity index (χ4v) is 1.81. The van der Waals surface area contributed by atoms with Crippen molar-refractivity contribution in [1.29, 1.82) is 0 Å². The lowest BCUT2D eigenvalue weighted by Gasteiger charge is -2.21. The lowest BCUT2D eigenvalue weighted by atomic mass is 10.2. The van der Waals surface area contributed by atoms with Crippen LogP contribution in [0.15, 0.2) is 18.3 Å². The van der Waals surface area contributed by atoms with Gasteiger partial charge in [0.25, 0.3) is 0 Å². The smallest absolute Gasteiger partial charge is 0.234 e. The number of nitrogens with zero attached hydrogens (tertiary/aromatic N) is 2. The molecule has 0 aliphatic carbocycles. The van der Waals surface area contributed by atoms with Crippen molar-refractivity contribution in [1.82, 2.24) is 15.2 Å². The van der Waals surface area contributed by atoms with E-state index in [1.807, 2.05) is 37.8 Å². The molecule has 0 spiro atoms. The molecule has 0 aromatic carbocycles. The highest BCUT2D eigenvalue weighted by atomic mass is 35.5. The summed E-state index contributed by atoms with van der Waals surface area (Å²) in [6.07, 6.45) is 1.66. The Morgan fingerprint density at radius 1 is 1.56 bits per heavy atom. The van der Waals surface area contributed by atoms with Gasteiger partial charge in [-0.25, -0.2) is 4.98 Å². The van der Waals surface area contributed by atoms with Gasteiger partial charge in [0.05, 0.1) is 6.54 Å². The van der Waals surface area contributed by atoms with E-state index in [2.05, 4.69) is 10.3 Å². The molecule has 1 rings (SSSR count). The van der Waals surface area contributed by atoms with Gasteiger partial charge in [-0.2, -0.15) is 0 Å². The van der Waals surface area contributed by atoms with E-state index >= 15 is 0 Å². The van der Waals surface area contributed by atoms with Crippen molar-refractivity contribution in [2.24, 2.45) is 0 Å². The van der Waals surface area contributed by atoms with Crippen molar-refractivity contribution in [3.05, 3.63) is 29.0 Å². The zero-order valence-corrected chi connectivity index (χ0v) is 11.9. The molecule has 0 unspecified atom stereocenters. The third-order valence-electron chi connectivity index (χ3n) is 2.49. The van der Waals surface area contributed by atoms with Crippen LogP contribution >= 0.6 is 11.6 Å². The fraction of sp³-hybridized carbons (Fsp3) is 0.538. The van der Waals surface area contributed by atoms with Gasteiger partial charge in [0.15, 0.2) is 0 Å². The number of halogens is 1. The Bertz CT molecular complexity index is 396. The summed E-state index contributed by atoms with van der Waals surface area (Å²) in [5, 5.41) is 3.38. The molecule has 5 heteroatoms. The number of amides is 1. The number of hydrogen-bond acceptors (Lipinski definition) is 3. The molecule has 0 aliphatic rings. The Balaban J connectivity index is 2.57. The predicted molar refractivity (Wildman–Crippen MR) is 73.5 cm³/mol. The highest BCUT2D eigenvalue weighted by molar-refractivity contribution is 6.30. The third kappa shape index (κ3) is 5.02. The molecule has 100 valence electrons. The molecule has 0 radical (unpaired) electrons. The van der Waals surface area contributed by atoms with Gasteiger partial charge in [0.2, 0.25) is 5.91 Å². The molecule has 0 atom stereocenters. The fourth-order valence-electron chi connectivity index (χ4n) is 1.63. The molecule has 1 N–H and O–H groups in total. The zero-order valence-electron chi connectivity index (χ0n) is 11.1. The summed E-state index contributed by atoms with van der Waals surface area (Å²) in [7, 11) is 0. The standard InChI is InChI=1S/C13H20ClN3O/c1-4-17(9-12(18)16-10(2)3)8-11-6-5-7-15-13(11)14/h5-7,10H,4,8-9H2,1-3H3,(H,16,18). The van der Waals surface area contributed by atoms with Crippen LogP contribution in [0.5, 0.6) is 0 Å². The van der Waals surface area contributed by atoms with Crippen molar-refractivity contribution >= 4 is 17.5 Å². The maximum absolute atomic E-state index is 11.7. The maximum atomic E-state index is 11.7. The molecule has 18 heavy (non-hydrogen) atoms. The van der Waals surface area contributed by atoms with Crippen molar-refractivity contribution in [2.45, 2.75) is 33.4 Å². The Kier molecular flexibility index (Phi) is 6.09. The Morgan fingerprint density at radius 2 is 2.28 bits per heavy atom. The van der Waals surface area contributed by atoms with E-state index < -0.39 is 0 Å². The second-order valence-electron chi connectivity index (χ2n) is 4.48. The minimum Gasteiger partial charge on any atom is -0.353 e.